The van der Waals surface area contributed by atoms with Crippen molar-refractivity contribution in [3.8, 4) is 11.5 Å². The molecule has 1 aliphatic rings. The van der Waals surface area contributed by atoms with Crippen molar-refractivity contribution >= 4 is 22.4 Å². The Bertz CT molecular complexity index is 571. The van der Waals surface area contributed by atoms with E-state index in [-0.39, 0.29) is 0 Å². The van der Waals surface area contributed by atoms with Gasteiger partial charge in [0, 0.05) is 36.1 Å². The topological polar surface area (TPSA) is 56.3 Å². The van der Waals surface area contributed by atoms with Crippen LogP contribution >= 0.6 is 11.5 Å². The summed E-state index contributed by atoms with van der Waals surface area (Å²) in [5.41, 5.74) is 0.933. The number of hydrogen-bond acceptors (Lipinski definition) is 6. The van der Waals surface area contributed by atoms with E-state index in [4.69, 9.17) is 9.47 Å². The first-order valence-corrected chi connectivity index (χ1v) is 7.12. The van der Waals surface area contributed by atoms with E-state index in [0.717, 1.165) is 41.0 Å². The molecule has 0 spiro atoms. The van der Waals surface area contributed by atoms with Gasteiger partial charge in [-0.05, 0) is 12.1 Å². The number of aryl methyl sites for hydroxylation is 1. The summed E-state index contributed by atoms with van der Waals surface area (Å²) in [4.78, 5) is 4.38. The molecule has 2 aromatic rings. The molecule has 3 rings (SSSR count). The molecule has 0 radical (unpaired) electrons. The molecular weight excluding hydrogens is 262 g/mol. The van der Waals surface area contributed by atoms with Crippen LogP contribution in [0.15, 0.2) is 18.2 Å². The van der Waals surface area contributed by atoms with Gasteiger partial charge in [-0.1, -0.05) is 6.92 Å². The summed E-state index contributed by atoms with van der Waals surface area (Å²) < 4.78 is 15.5. The lowest BCUT2D eigenvalue weighted by Gasteiger charge is -2.09. The first kappa shape index (κ1) is 12.2. The Kier molecular flexibility index (Phi) is 3.50. The minimum atomic E-state index is 0.690. The van der Waals surface area contributed by atoms with E-state index >= 15 is 0 Å². The van der Waals surface area contributed by atoms with Crippen LogP contribution in [0.5, 0.6) is 11.5 Å². The fourth-order valence-corrected chi connectivity index (χ4v) is 2.48. The second-order valence-electron chi connectivity index (χ2n) is 4.21. The molecule has 2 heterocycles. The zero-order valence-electron chi connectivity index (χ0n) is 10.7. The zero-order valence-corrected chi connectivity index (χ0v) is 11.5. The monoisotopic (exact) mass is 277 g/mol. The standard InChI is InChI=1S/C13H15N3O2S/c1-2-12-15-13(19-16-12)14-9-4-5-10-11(8-9)18-7-3-6-17-10/h4-5,8H,2-3,6-7H2,1H3,(H,14,15,16). The maximum absolute atomic E-state index is 5.66. The molecular formula is C13H15N3O2S. The third-order valence-electron chi connectivity index (χ3n) is 2.78. The highest BCUT2D eigenvalue weighted by molar-refractivity contribution is 7.09. The maximum Gasteiger partial charge on any atom is 0.207 e. The van der Waals surface area contributed by atoms with E-state index in [2.05, 4.69) is 14.7 Å². The summed E-state index contributed by atoms with van der Waals surface area (Å²) in [5, 5.41) is 4.04. The minimum absolute atomic E-state index is 0.690. The Morgan fingerprint density at radius 1 is 1.26 bits per heavy atom. The van der Waals surface area contributed by atoms with Gasteiger partial charge in [0.2, 0.25) is 5.13 Å². The van der Waals surface area contributed by atoms with Gasteiger partial charge in [-0.25, -0.2) is 4.98 Å². The molecule has 0 fully saturated rings. The molecule has 0 unspecified atom stereocenters. The molecule has 0 aliphatic carbocycles. The van der Waals surface area contributed by atoms with Crippen LogP contribution in [0, 0.1) is 0 Å². The second kappa shape index (κ2) is 5.44. The van der Waals surface area contributed by atoms with Gasteiger partial charge in [0.1, 0.15) is 5.82 Å². The molecule has 6 heteroatoms. The van der Waals surface area contributed by atoms with E-state index in [1.807, 2.05) is 25.1 Å². The molecule has 0 saturated heterocycles. The number of benzene rings is 1. The van der Waals surface area contributed by atoms with Crippen molar-refractivity contribution in [1.29, 1.82) is 0 Å². The van der Waals surface area contributed by atoms with Crippen LogP contribution in [0.25, 0.3) is 0 Å². The first-order valence-electron chi connectivity index (χ1n) is 6.34. The lowest BCUT2D eigenvalue weighted by Crippen LogP contribution is -1.97. The van der Waals surface area contributed by atoms with Crippen LogP contribution in [0.2, 0.25) is 0 Å². The van der Waals surface area contributed by atoms with Gasteiger partial charge < -0.3 is 14.8 Å². The summed E-state index contributed by atoms with van der Waals surface area (Å²) in [6.07, 6.45) is 1.76. The van der Waals surface area contributed by atoms with Crippen molar-refractivity contribution in [3.05, 3.63) is 24.0 Å². The first-order chi connectivity index (χ1) is 9.35. The quantitative estimate of drug-likeness (QED) is 0.934. The number of nitrogens with zero attached hydrogens (tertiary/aromatic N) is 2. The van der Waals surface area contributed by atoms with E-state index in [9.17, 15) is 0 Å². The molecule has 1 N–H and O–H groups in total. The van der Waals surface area contributed by atoms with Crippen LogP contribution in [0.3, 0.4) is 0 Å². The van der Waals surface area contributed by atoms with Gasteiger partial charge in [-0.3, -0.25) is 0 Å². The smallest absolute Gasteiger partial charge is 0.207 e. The summed E-state index contributed by atoms with van der Waals surface area (Å²) >= 11 is 1.37. The van der Waals surface area contributed by atoms with E-state index in [0.29, 0.717) is 13.2 Å². The number of rotatable bonds is 3. The Balaban J connectivity index is 1.79. The van der Waals surface area contributed by atoms with Gasteiger partial charge >= 0.3 is 0 Å². The summed E-state index contributed by atoms with van der Waals surface area (Å²) in [7, 11) is 0. The molecule has 1 aromatic carbocycles. The highest BCUT2D eigenvalue weighted by Gasteiger charge is 2.11. The SMILES string of the molecule is CCc1nsc(Nc2ccc3c(c2)OCCCO3)n1. The van der Waals surface area contributed by atoms with Gasteiger partial charge in [-0.2, -0.15) is 4.37 Å². The van der Waals surface area contributed by atoms with Gasteiger partial charge in [0.15, 0.2) is 11.5 Å². The third-order valence-corrected chi connectivity index (χ3v) is 3.45. The van der Waals surface area contributed by atoms with Crippen LogP contribution in [-0.2, 0) is 6.42 Å². The molecule has 5 nitrogen and oxygen atoms in total. The molecule has 1 aliphatic heterocycles. The predicted octanol–water partition coefficient (Wildman–Crippen LogP) is 3.01. The molecule has 0 atom stereocenters. The van der Waals surface area contributed by atoms with Crippen molar-refractivity contribution in [1.82, 2.24) is 9.36 Å². The average Bonchev–Trinajstić information content (AvgIpc) is 2.75. The van der Waals surface area contributed by atoms with Crippen molar-refractivity contribution in [3.63, 3.8) is 0 Å². The zero-order chi connectivity index (χ0) is 13.1. The average molecular weight is 277 g/mol. The lowest BCUT2D eigenvalue weighted by atomic mass is 10.3. The van der Waals surface area contributed by atoms with Crippen LogP contribution in [-0.4, -0.2) is 22.6 Å². The van der Waals surface area contributed by atoms with E-state index < -0.39 is 0 Å². The highest BCUT2D eigenvalue weighted by Crippen LogP contribution is 2.33. The number of anilines is 2. The lowest BCUT2D eigenvalue weighted by molar-refractivity contribution is 0.297. The van der Waals surface area contributed by atoms with Crippen LogP contribution in [0.1, 0.15) is 19.2 Å². The minimum Gasteiger partial charge on any atom is -0.490 e. The molecule has 100 valence electrons. The fraction of sp³-hybridized carbons (Fsp3) is 0.385. The number of ether oxygens (including phenoxy) is 2. The van der Waals surface area contributed by atoms with E-state index in [1.165, 1.54) is 11.5 Å². The molecule has 0 saturated carbocycles. The second-order valence-corrected chi connectivity index (χ2v) is 4.96. The van der Waals surface area contributed by atoms with Crippen LogP contribution < -0.4 is 14.8 Å². The summed E-state index contributed by atoms with van der Waals surface area (Å²) in [6, 6.07) is 5.82. The Morgan fingerprint density at radius 2 is 2.11 bits per heavy atom. The number of nitrogens with one attached hydrogen (secondary N) is 1. The Labute approximate surface area is 115 Å². The predicted molar refractivity (Wildman–Crippen MR) is 74.6 cm³/mol. The van der Waals surface area contributed by atoms with Crippen molar-refractivity contribution in [2.24, 2.45) is 0 Å². The van der Waals surface area contributed by atoms with Gasteiger partial charge in [-0.15, -0.1) is 0 Å². The number of hydrogen-bond donors (Lipinski definition) is 1. The molecule has 0 bridgehead atoms. The van der Waals surface area contributed by atoms with Crippen LogP contribution in [0.4, 0.5) is 10.8 Å². The summed E-state index contributed by atoms with van der Waals surface area (Å²) in [5.74, 6) is 2.44. The van der Waals surface area contributed by atoms with E-state index in [1.54, 1.807) is 0 Å². The molecule has 1 aromatic heterocycles. The highest BCUT2D eigenvalue weighted by atomic mass is 32.1. The normalized spacial score (nSPS) is 13.9. The Hall–Kier alpha value is -1.82. The number of aromatic nitrogens is 2. The van der Waals surface area contributed by atoms with Gasteiger partial charge in [0.05, 0.1) is 13.2 Å². The maximum atomic E-state index is 5.66. The largest absolute Gasteiger partial charge is 0.490 e. The summed E-state index contributed by atoms with van der Waals surface area (Å²) in [6.45, 7) is 3.44. The van der Waals surface area contributed by atoms with Crippen molar-refractivity contribution in [2.75, 3.05) is 18.5 Å². The fourth-order valence-electron chi connectivity index (χ4n) is 1.81. The molecule has 19 heavy (non-hydrogen) atoms. The Morgan fingerprint density at radius 3 is 2.89 bits per heavy atom. The third kappa shape index (κ3) is 2.78. The molecule has 0 amide bonds. The van der Waals surface area contributed by atoms with Crippen molar-refractivity contribution < 1.29 is 9.47 Å². The van der Waals surface area contributed by atoms with Crippen molar-refractivity contribution in [2.45, 2.75) is 19.8 Å². The van der Waals surface area contributed by atoms with Gasteiger partial charge in [0.25, 0.3) is 0 Å². The number of fused-ring (bicyclic) bond motifs is 1.